The second kappa shape index (κ2) is 6.00. The molecular weight excluding hydrogens is 256 g/mol. The van der Waals surface area contributed by atoms with Crippen molar-refractivity contribution in [2.75, 3.05) is 18.0 Å². The van der Waals surface area contributed by atoms with Gasteiger partial charge in [0.15, 0.2) is 6.67 Å². The molecule has 0 atom stereocenters. The number of nitrogens with zero attached hydrogens (tertiary/aromatic N) is 2. The summed E-state index contributed by atoms with van der Waals surface area (Å²) in [7, 11) is 0. The Morgan fingerprint density at radius 3 is 1.86 bits per heavy atom. The largest absolute Gasteiger partial charge is 0.345 e. The lowest BCUT2D eigenvalue weighted by Gasteiger charge is -2.31. The molecule has 21 heavy (non-hydrogen) atoms. The van der Waals surface area contributed by atoms with Crippen molar-refractivity contribution in [3.63, 3.8) is 0 Å². The van der Waals surface area contributed by atoms with Gasteiger partial charge in [-0.2, -0.15) is 0 Å². The molecule has 0 aromatic heterocycles. The summed E-state index contributed by atoms with van der Waals surface area (Å²) >= 11 is 0. The van der Waals surface area contributed by atoms with E-state index in [-0.39, 0.29) is 5.54 Å². The number of anilines is 1. The zero-order valence-electron chi connectivity index (χ0n) is 14.7. The summed E-state index contributed by atoms with van der Waals surface area (Å²) in [6, 6.07) is 6.74. The van der Waals surface area contributed by atoms with Gasteiger partial charge in [0.25, 0.3) is 0 Å². The molecule has 2 heteroatoms. The number of benzene rings is 1. The molecule has 1 aromatic rings. The average molecular weight is 286 g/mol. The molecule has 1 heterocycles. The van der Waals surface area contributed by atoms with E-state index < -0.39 is 0 Å². The van der Waals surface area contributed by atoms with E-state index in [0.29, 0.717) is 11.8 Å². The van der Waals surface area contributed by atoms with Crippen LogP contribution in [0.15, 0.2) is 18.2 Å². The minimum Gasteiger partial charge on any atom is -0.345 e. The molecule has 0 saturated carbocycles. The summed E-state index contributed by atoms with van der Waals surface area (Å²) in [5, 5.41) is 0. The van der Waals surface area contributed by atoms with Crippen LogP contribution in [0.4, 0.5) is 5.69 Å². The maximum absolute atomic E-state index is 3.60. The van der Waals surface area contributed by atoms with Crippen LogP contribution in [0, 0.1) is 6.67 Å². The highest BCUT2D eigenvalue weighted by Gasteiger charge is 2.32. The second-order valence-electron chi connectivity index (χ2n) is 7.67. The molecule has 1 aliphatic heterocycles. The Kier molecular flexibility index (Phi) is 4.67. The van der Waals surface area contributed by atoms with Gasteiger partial charge in [0.2, 0.25) is 0 Å². The Hall–Kier alpha value is -1.02. The first kappa shape index (κ1) is 16.4. The van der Waals surface area contributed by atoms with Gasteiger partial charge in [-0.3, -0.25) is 4.90 Å². The van der Waals surface area contributed by atoms with E-state index in [4.69, 9.17) is 0 Å². The van der Waals surface area contributed by atoms with Crippen LogP contribution in [-0.2, 0) is 0 Å². The van der Waals surface area contributed by atoms with Crippen LogP contribution in [0.3, 0.4) is 0 Å². The van der Waals surface area contributed by atoms with Gasteiger partial charge in [-0.1, -0.05) is 45.9 Å². The Labute approximate surface area is 131 Å². The fourth-order valence-electron chi connectivity index (χ4n) is 2.92. The van der Waals surface area contributed by atoms with Crippen LogP contribution < -0.4 is 4.90 Å². The first-order chi connectivity index (χ1) is 9.71. The van der Waals surface area contributed by atoms with Crippen molar-refractivity contribution in [2.24, 2.45) is 0 Å². The number of hydrogen-bond donors (Lipinski definition) is 0. The maximum Gasteiger partial charge on any atom is 0.178 e. The molecule has 0 bridgehead atoms. The molecule has 2 radical (unpaired) electrons. The molecule has 2 nitrogen and oxygen atoms in total. The number of para-hydroxylation sites is 1. The van der Waals surface area contributed by atoms with Crippen molar-refractivity contribution < 1.29 is 0 Å². The molecular formula is C19H30N2. The van der Waals surface area contributed by atoms with E-state index in [1.165, 1.54) is 16.8 Å². The van der Waals surface area contributed by atoms with E-state index in [0.717, 1.165) is 13.1 Å². The van der Waals surface area contributed by atoms with Gasteiger partial charge in [0, 0.05) is 24.3 Å². The van der Waals surface area contributed by atoms with Gasteiger partial charge in [-0.05, 0) is 43.7 Å². The maximum atomic E-state index is 3.60. The lowest BCUT2D eigenvalue weighted by molar-refractivity contribution is 0.209. The third-order valence-corrected chi connectivity index (χ3v) is 4.21. The van der Waals surface area contributed by atoms with E-state index in [9.17, 15) is 0 Å². The summed E-state index contributed by atoms with van der Waals surface area (Å²) in [5.74, 6) is 1.06. The zero-order valence-corrected chi connectivity index (χ0v) is 14.7. The third-order valence-electron chi connectivity index (χ3n) is 4.21. The molecule has 0 N–H and O–H groups in total. The van der Waals surface area contributed by atoms with Gasteiger partial charge >= 0.3 is 0 Å². The predicted octanol–water partition coefficient (Wildman–Crippen LogP) is 4.85. The summed E-state index contributed by atoms with van der Waals surface area (Å²) in [6.07, 6.45) is 0. The van der Waals surface area contributed by atoms with Crippen molar-refractivity contribution in [3.05, 3.63) is 36.0 Å². The van der Waals surface area contributed by atoms with E-state index in [1.807, 2.05) is 0 Å². The molecule has 0 aliphatic carbocycles. The highest BCUT2D eigenvalue weighted by Crippen LogP contribution is 2.38. The van der Waals surface area contributed by atoms with E-state index in [2.05, 4.69) is 83.1 Å². The Morgan fingerprint density at radius 2 is 1.48 bits per heavy atom. The monoisotopic (exact) mass is 286 g/mol. The summed E-state index contributed by atoms with van der Waals surface area (Å²) < 4.78 is 0. The van der Waals surface area contributed by atoms with Crippen LogP contribution in [0.1, 0.15) is 71.4 Å². The normalized spacial score (nSPS) is 17.3. The Morgan fingerprint density at radius 1 is 0.952 bits per heavy atom. The summed E-state index contributed by atoms with van der Waals surface area (Å²) in [5.41, 5.74) is 4.39. The van der Waals surface area contributed by atoms with Gasteiger partial charge in [0.1, 0.15) is 0 Å². The van der Waals surface area contributed by atoms with Crippen molar-refractivity contribution >= 4 is 5.69 Å². The SMILES string of the molecule is CC(C)c1cccc(C(C)C)c1N1[C]N(C(C)(C)C)CC1. The topological polar surface area (TPSA) is 6.48 Å². The molecule has 0 spiro atoms. The molecule has 1 aliphatic rings. The standard InChI is InChI=1S/C19H30N2/c1-14(2)16-9-8-10-17(15(3)4)18(16)20-11-12-21(13-20)19(5,6)7/h8-10,14-15H,11-12H2,1-7H3. The van der Waals surface area contributed by atoms with Gasteiger partial charge in [-0.15, -0.1) is 0 Å². The molecule has 0 amide bonds. The lowest BCUT2D eigenvalue weighted by Crippen LogP contribution is -2.37. The van der Waals surface area contributed by atoms with Crippen LogP contribution in [0.5, 0.6) is 0 Å². The average Bonchev–Trinajstić information content (AvgIpc) is 2.86. The van der Waals surface area contributed by atoms with Gasteiger partial charge in [0.05, 0.1) is 0 Å². The lowest BCUT2D eigenvalue weighted by atomic mass is 9.92. The van der Waals surface area contributed by atoms with Crippen molar-refractivity contribution in [3.8, 4) is 0 Å². The van der Waals surface area contributed by atoms with Crippen LogP contribution in [-0.4, -0.2) is 23.5 Å². The second-order valence-corrected chi connectivity index (χ2v) is 7.67. The highest BCUT2D eigenvalue weighted by atomic mass is 15.4. The molecule has 2 rings (SSSR count). The van der Waals surface area contributed by atoms with Crippen LogP contribution in [0.2, 0.25) is 0 Å². The fraction of sp³-hybridized carbons (Fsp3) is 0.632. The molecule has 1 aromatic carbocycles. The predicted molar refractivity (Wildman–Crippen MR) is 91.7 cm³/mol. The van der Waals surface area contributed by atoms with E-state index in [1.54, 1.807) is 0 Å². The van der Waals surface area contributed by atoms with Gasteiger partial charge in [-0.25, -0.2) is 0 Å². The Balaban J connectivity index is 2.39. The summed E-state index contributed by atoms with van der Waals surface area (Å²) in [4.78, 5) is 4.67. The van der Waals surface area contributed by atoms with Crippen molar-refractivity contribution in [1.29, 1.82) is 0 Å². The van der Waals surface area contributed by atoms with E-state index >= 15 is 0 Å². The van der Waals surface area contributed by atoms with Gasteiger partial charge < -0.3 is 4.90 Å². The highest BCUT2D eigenvalue weighted by molar-refractivity contribution is 5.63. The number of rotatable bonds is 3. The van der Waals surface area contributed by atoms with Crippen molar-refractivity contribution in [2.45, 2.75) is 65.8 Å². The fourth-order valence-corrected chi connectivity index (χ4v) is 2.92. The molecule has 116 valence electrons. The molecule has 1 fully saturated rings. The molecule has 1 saturated heterocycles. The summed E-state index contributed by atoms with van der Waals surface area (Å²) in [6.45, 7) is 21.5. The minimum atomic E-state index is 0.138. The van der Waals surface area contributed by atoms with Crippen LogP contribution in [0.25, 0.3) is 0 Å². The smallest absolute Gasteiger partial charge is 0.178 e. The quantitative estimate of drug-likeness (QED) is 0.783. The zero-order chi connectivity index (χ0) is 15.8. The Bertz CT molecular complexity index is 457. The minimum absolute atomic E-state index is 0.138. The first-order valence-electron chi connectivity index (χ1n) is 8.16. The van der Waals surface area contributed by atoms with Crippen LogP contribution >= 0.6 is 0 Å². The molecule has 0 unspecified atom stereocenters. The number of hydrogen-bond acceptors (Lipinski definition) is 2. The third kappa shape index (κ3) is 3.42. The van der Waals surface area contributed by atoms with Crippen molar-refractivity contribution in [1.82, 2.24) is 4.90 Å². The first-order valence-corrected chi connectivity index (χ1v) is 8.16.